The van der Waals surface area contributed by atoms with Crippen molar-refractivity contribution >= 4 is 26.7 Å². The SMILES string of the molecule is NC(c1ccc2cc(Br)ccc2c1)c1ccncc1F. The lowest BCUT2D eigenvalue weighted by atomic mass is 9.97. The molecule has 1 unspecified atom stereocenters. The molecule has 0 bridgehead atoms. The average Bonchev–Trinajstić information content (AvgIpc) is 2.46. The van der Waals surface area contributed by atoms with Gasteiger partial charge in [0.25, 0.3) is 0 Å². The molecule has 2 nitrogen and oxygen atoms in total. The number of pyridine rings is 1. The summed E-state index contributed by atoms with van der Waals surface area (Å²) in [6, 6.07) is 13.1. The van der Waals surface area contributed by atoms with Crippen molar-refractivity contribution in [3.8, 4) is 0 Å². The van der Waals surface area contributed by atoms with E-state index in [0.717, 1.165) is 20.8 Å². The minimum absolute atomic E-state index is 0.379. The lowest BCUT2D eigenvalue weighted by Crippen LogP contribution is -2.13. The first-order valence-corrected chi connectivity index (χ1v) is 6.98. The molecule has 0 amide bonds. The number of fused-ring (bicyclic) bond motifs is 1. The maximum absolute atomic E-state index is 13.7. The molecule has 0 radical (unpaired) electrons. The Balaban J connectivity index is 2.06. The highest BCUT2D eigenvalue weighted by Crippen LogP contribution is 2.26. The molecule has 0 aliphatic rings. The van der Waals surface area contributed by atoms with Crippen LogP contribution in [0.2, 0.25) is 0 Å². The zero-order valence-electron chi connectivity index (χ0n) is 10.6. The summed E-state index contributed by atoms with van der Waals surface area (Å²) in [6.07, 6.45) is 2.74. The van der Waals surface area contributed by atoms with Crippen molar-refractivity contribution in [2.75, 3.05) is 0 Å². The molecule has 0 saturated carbocycles. The van der Waals surface area contributed by atoms with Crippen molar-refractivity contribution in [2.45, 2.75) is 6.04 Å². The number of nitrogens with two attached hydrogens (primary N) is 1. The van der Waals surface area contributed by atoms with Crippen LogP contribution in [0.5, 0.6) is 0 Å². The van der Waals surface area contributed by atoms with Crippen LogP contribution in [-0.2, 0) is 0 Å². The number of hydrogen-bond acceptors (Lipinski definition) is 2. The van der Waals surface area contributed by atoms with Crippen LogP contribution in [-0.4, -0.2) is 4.98 Å². The van der Waals surface area contributed by atoms with E-state index in [9.17, 15) is 4.39 Å². The zero-order valence-corrected chi connectivity index (χ0v) is 12.1. The number of benzene rings is 2. The van der Waals surface area contributed by atoms with E-state index in [2.05, 4.69) is 20.9 Å². The van der Waals surface area contributed by atoms with Crippen molar-refractivity contribution in [3.63, 3.8) is 0 Å². The summed E-state index contributed by atoms with van der Waals surface area (Å²) in [7, 11) is 0. The molecule has 0 saturated heterocycles. The van der Waals surface area contributed by atoms with Gasteiger partial charge in [-0.2, -0.15) is 0 Å². The molecule has 1 heterocycles. The average molecular weight is 331 g/mol. The molecule has 0 aliphatic heterocycles. The van der Waals surface area contributed by atoms with Gasteiger partial charge in [-0.3, -0.25) is 4.98 Å². The third-order valence-corrected chi connectivity index (χ3v) is 3.82. The van der Waals surface area contributed by atoms with Crippen molar-refractivity contribution in [1.82, 2.24) is 4.98 Å². The summed E-state index contributed by atoms with van der Waals surface area (Å²) >= 11 is 3.44. The molecule has 2 aromatic carbocycles. The third kappa shape index (κ3) is 2.44. The molecule has 0 spiro atoms. The van der Waals surface area contributed by atoms with E-state index in [1.165, 1.54) is 6.20 Å². The predicted molar refractivity (Wildman–Crippen MR) is 81.9 cm³/mol. The molecule has 0 aliphatic carbocycles. The fourth-order valence-corrected chi connectivity index (χ4v) is 2.63. The van der Waals surface area contributed by atoms with E-state index in [0.29, 0.717) is 5.56 Å². The number of rotatable bonds is 2. The van der Waals surface area contributed by atoms with Crippen LogP contribution >= 0.6 is 15.9 Å². The van der Waals surface area contributed by atoms with E-state index in [-0.39, 0.29) is 5.82 Å². The summed E-state index contributed by atoms with van der Waals surface area (Å²) in [6.45, 7) is 0. The lowest BCUT2D eigenvalue weighted by molar-refractivity contribution is 0.593. The van der Waals surface area contributed by atoms with Gasteiger partial charge < -0.3 is 5.73 Å². The van der Waals surface area contributed by atoms with Crippen LogP contribution in [0.1, 0.15) is 17.2 Å². The Bertz CT molecular complexity index is 773. The molecule has 2 N–H and O–H groups in total. The first kappa shape index (κ1) is 13.2. The van der Waals surface area contributed by atoms with Gasteiger partial charge in [0.15, 0.2) is 0 Å². The summed E-state index contributed by atoms with van der Waals surface area (Å²) < 4.78 is 14.8. The first-order valence-electron chi connectivity index (χ1n) is 6.19. The van der Waals surface area contributed by atoms with Crippen molar-refractivity contribution < 1.29 is 4.39 Å². The van der Waals surface area contributed by atoms with E-state index in [1.807, 2.05) is 36.4 Å². The van der Waals surface area contributed by atoms with Crippen LogP contribution in [0, 0.1) is 5.82 Å². The van der Waals surface area contributed by atoms with Gasteiger partial charge in [0.1, 0.15) is 5.82 Å². The first-order chi connectivity index (χ1) is 9.65. The van der Waals surface area contributed by atoms with Crippen LogP contribution in [0.4, 0.5) is 4.39 Å². The van der Waals surface area contributed by atoms with E-state index < -0.39 is 6.04 Å². The normalized spacial score (nSPS) is 12.6. The highest BCUT2D eigenvalue weighted by Gasteiger charge is 2.13. The summed E-state index contributed by atoms with van der Waals surface area (Å²) in [4.78, 5) is 3.74. The molecular weight excluding hydrogens is 319 g/mol. The Morgan fingerprint density at radius 1 is 1.05 bits per heavy atom. The molecular formula is C16H12BrFN2. The Morgan fingerprint density at radius 3 is 2.60 bits per heavy atom. The van der Waals surface area contributed by atoms with Gasteiger partial charge in [0.05, 0.1) is 12.2 Å². The highest BCUT2D eigenvalue weighted by atomic mass is 79.9. The minimum Gasteiger partial charge on any atom is -0.320 e. The number of halogens is 2. The molecule has 1 atom stereocenters. The molecule has 1 aromatic heterocycles. The second-order valence-corrected chi connectivity index (χ2v) is 5.54. The quantitative estimate of drug-likeness (QED) is 0.765. The van der Waals surface area contributed by atoms with Crippen LogP contribution in [0.3, 0.4) is 0 Å². The molecule has 100 valence electrons. The van der Waals surface area contributed by atoms with Gasteiger partial charge in [0, 0.05) is 16.2 Å². The smallest absolute Gasteiger partial charge is 0.146 e. The fraction of sp³-hybridized carbons (Fsp3) is 0.0625. The lowest BCUT2D eigenvalue weighted by Gasteiger charge is -2.14. The van der Waals surface area contributed by atoms with Gasteiger partial charge >= 0.3 is 0 Å². The Kier molecular flexibility index (Phi) is 3.51. The van der Waals surface area contributed by atoms with Crippen molar-refractivity contribution in [1.29, 1.82) is 0 Å². The fourth-order valence-electron chi connectivity index (χ4n) is 2.25. The van der Waals surface area contributed by atoms with Crippen molar-refractivity contribution in [3.05, 3.63) is 76.3 Å². The van der Waals surface area contributed by atoms with Gasteiger partial charge in [0.2, 0.25) is 0 Å². The second-order valence-electron chi connectivity index (χ2n) is 4.63. The molecule has 20 heavy (non-hydrogen) atoms. The third-order valence-electron chi connectivity index (χ3n) is 3.32. The van der Waals surface area contributed by atoms with E-state index in [4.69, 9.17) is 5.73 Å². The Morgan fingerprint density at radius 2 is 1.80 bits per heavy atom. The molecule has 3 rings (SSSR count). The monoisotopic (exact) mass is 330 g/mol. The maximum Gasteiger partial charge on any atom is 0.146 e. The topological polar surface area (TPSA) is 38.9 Å². The molecule has 3 aromatic rings. The van der Waals surface area contributed by atoms with Crippen LogP contribution in [0.25, 0.3) is 10.8 Å². The Hall–Kier alpha value is -1.78. The number of nitrogens with zero attached hydrogens (tertiary/aromatic N) is 1. The van der Waals surface area contributed by atoms with Gasteiger partial charge in [-0.25, -0.2) is 4.39 Å². The molecule has 0 fully saturated rings. The van der Waals surface area contributed by atoms with Crippen LogP contribution < -0.4 is 5.73 Å². The largest absolute Gasteiger partial charge is 0.320 e. The minimum atomic E-state index is -0.494. The number of hydrogen-bond donors (Lipinski definition) is 1. The molecule has 4 heteroatoms. The van der Waals surface area contributed by atoms with Gasteiger partial charge in [-0.05, 0) is 40.6 Å². The number of aromatic nitrogens is 1. The van der Waals surface area contributed by atoms with E-state index in [1.54, 1.807) is 12.3 Å². The second kappa shape index (κ2) is 5.31. The zero-order chi connectivity index (χ0) is 14.1. The Labute approximate surface area is 124 Å². The van der Waals surface area contributed by atoms with Crippen molar-refractivity contribution in [2.24, 2.45) is 5.73 Å². The van der Waals surface area contributed by atoms with Gasteiger partial charge in [-0.1, -0.05) is 34.1 Å². The standard InChI is InChI=1S/C16H12BrFN2/c17-13-4-3-10-7-12(2-1-11(10)8-13)16(19)14-5-6-20-9-15(14)18/h1-9,16H,19H2. The van der Waals surface area contributed by atoms with E-state index >= 15 is 0 Å². The van der Waals surface area contributed by atoms with Gasteiger partial charge in [-0.15, -0.1) is 0 Å². The predicted octanol–water partition coefficient (Wildman–Crippen LogP) is 4.18. The summed E-state index contributed by atoms with van der Waals surface area (Å²) in [5, 5.41) is 2.20. The summed E-state index contributed by atoms with van der Waals surface area (Å²) in [5.41, 5.74) is 7.50. The maximum atomic E-state index is 13.7. The summed E-state index contributed by atoms with van der Waals surface area (Å²) in [5.74, 6) is -0.379. The van der Waals surface area contributed by atoms with Crippen LogP contribution in [0.15, 0.2) is 59.3 Å². The highest BCUT2D eigenvalue weighted by molar-refractivity contribution is 9.10.